The Morgan fingerprint density at radius 2 is 2.07 bits per heavy atom. The van der Waals surface area contributed by atoms with E-state index < -0.39 is 0 Å². The Labute approximate surface area is 89.1 Å². The first-order valence-corrected chi connectivity index (χ1v) is 5.32. The second-order valence-corrected chi connectivity index (χ2v) is 4.46. The van der Waals surface area contributed by atoms with Gasteiger partial charge in [-0.15, -0.1) is 6.42 Å². The minimum absolute atomic E-state index is 0.261. The number of hydrogen-bond donors (Lipinski definition) is 1. The Bertz CT molecular complexity index is 191. The fourth-order valence-corrected chi connectivity index (χ4v) is 1.34. The van der Waals surface area contributed by atoms with E-state index in [2.05, 4.69) is 50.9 Å². The first-order chi connectivity index (χ1) is 6.45. The summed E-state index contributed by atoms with van der Waals surface area (Å²) in [4.78, 5) is 2.40. The van der Waals surface area contributed by atoms with E-state index in [1.165, 1.54) is 0 Å². The van der Waals surface area contributed by atoms with Crippen LogP contribution in [0.2, 0.25) is 0 Å². The summed E-state index contributed by atoms with van der Waals surface area (Å²) in [6, 6.07) is 0.512. The van der Waals surface area contributed by atoms with Gasteiger partial charge in [0.05, 0.1) is 6.54 Å². The highest BCUT2D eigenvalue weighted by Crippen LogP contribution is 2.18. The predicted octanol–water partition coefficient (Wildman–Crippen LogP) is 1.72. The summed E-state index contributed by atoms with van der Waals surface area (Å²) in [5.74, 6) is 2.59. The summed E-state index contributed by atoms with van der Waals surface area (Å²) in [5.41, 5.74) is 0.261. The summed E-state index contributed by atoms with van der Waals surface area (Å²) in [6.45, 7) is 10.6. The highest BCUT2D eigenvalue weighted by atomic mass is 15.2. The normalized spacial score (nSPS) is 14.1. The summed E-state index contributed by atoms with van der Waals surface area (Å²) < 4.78 is 0. The van der Waals surface area contributed by atoms with Crippen molar-refractivity contribution < 1.29 is 0 Å². The lowest BCUT2D eigenvalue weighted by Gasteiger charge is -2.39. The van der Waals surface area contributed by atoms with Crippen molar-refractivity contribution in [3.8, 4) is 12.3 Å². The molecule has 2 heteroatoms. The lowest BCUT2D eigenvalue weighted by Crippen LogP contribution is -2.49. The van der Waals surface area contributed by atoms with Gasteiger partial charge in [-0.1, -0.05) is 12.8 Å². The molecule has 0 saturated carbocycles. The fraction of sp³-hybridized carbons (Fsp3) is 0.833. The molecule has 0 saturated heterocycles. The first-order valence-electron chi connectivity index (χ1n) is 5.32. The van der Waals surface area contributed by atoms with Gasteiger partial charge in [-0.2, -0.15) is 0 Å². The van der Waals surface area contributed by atoms with Crippen LogP contribution in [0.5, 0.6) is 0 Å². The van der Waals surface area contributed by atoms with Gasteiger partial charge in [-0.05, 0) is 34.2 Å². The average Bonchev–Trinajstić information content (AvgIpc) is 2.17. The molecular formula is C12H24N2. The molecule has 0 bridgehead atoms. The van der Waals surface area contributed by atoms with Gasteiger partial charge in [0, 0.05) is 18.1 Å². The van der Waals surface area contributed by atoms with Crippen LogP contribution in [0.15, 0.2) is 0 Å². The van der Waals surface area contributed by atoms with E-state index in [0.717, 1.165) is 13.0 Å². The van der Waals surface area contributed by atoms with Crippen molar-refractivity contribution in [2.75, 3.05) is 20.1 Å². The molecule has 2 nitrogen and oxygen atoms in total. The van der Waals surface area contributed by atoms with Gasteiger partial charge in [0.2, 0.25) is 0 Å². The number of nitrogens with zero attached hydrogens (tertiary/aromatic N) is 1. The molecule has 0 heterocycles. The van der Waals surface area contributed by atoms with Gasteiger partial charge in [0.1, 0.15) is 0 Å². The first kappa shape index (κ1) is 13.5. The van der Waals surface area contributed by atoms with Crippen LogP contribution >= 0.6 is 0 Å². The molecule has 0 aromatic heterocycles. The summed E-state index contributed by atoms with van der Waals surface area (Å²) in [5, 5.41) is 3.23. The minimum atomic E-state index is 0.261. The summed E-state index contributed by atoms with van der Waals surface area (Å²) in [7, 11) is 2.17. The van der Waals surface area contributed by atoms with E-state index in [0.29, 0.717) is 12.6 Å². The van der Waals surface area contributed by atoms with E-state index in [1.807, 2.05) is 0 Å². The van der Waals surface area contributed by atoms with Gasteiger partial charge in [0.25, 0.3) is 0 Å². The number of nitrogens with one attached hydrogen (secondary N) is 1. The van der Waals surface area contributed by atoms with E-state index in [9.17, 15) is 0 Å². The molecular weight excluding hydrogens is 172 g/mol. The van der Waals surface area contributed by atoms with Crippen LogP contribution in [0.3, 0.4) is 0 Å². The van der Waals surface area contributed by atoms with Crippen LogP contribution in [0.25, 0.3) is 0 Å². The zero-order chi connectivity index (χ0) is 11.2. The van der Waals surface area contributed by atoms with Crippen LogP contribution in [0, 0.1) is 12.3 Å². The SMILES string of the molecule is C#CCNCC(C)N(C)C(C)(C)CC. The molecule has 0 radical (unpaired) electrons. The van der Waals surface area contributed by atoms with Crippen molar-refractivity contribution >= 4 is 0 Å². The standard InChI is InChI=1S/C12H24N2/c1-7-9-13-10-11(3)14(6)12(4,5)8-2/h1,11,13H,8-10H2,2-6H3. The maximum absolute atomic E-state index is 5.18. The zero-order valence-electron chi connectivity index (χ0n) is 10.2. The van der Waals surface area contributed by atoms with Crippen molar-refractivity contribution in [1.82, 2.24) is 10.2 Å². The van der Waals surface area contributed by atoms with E-state index in [-0.39, 0.29) is 5.54 Å². The van der Waals surface area contributed by atoms with Crippen LogP contribution in [-0.4, -0.2) is 36.6 Å². The van der Waals surface area contributed by atoms with Gasteiger partial charge in [0.15, 0.2) is 0 Å². The number of likely N-dealkylation sites (N-methyl/N-ethyl adjacent to an activating group) is 1. The zero-order valence-corrected chi connectivity index (χ0v) is 10.2. The van der Waals surface area contributed by atoms with Gasteiger partial charge >= 0.3 is 0 Å². The third-order valence-electron chi connectivity index (χ3n) is 3.15. The van der Waals surface area contributed by atoms with Crippen LogP contribution in [-0.2, 0) is 0 Å². The smallest absolute Gasteiger partial charge is 0.0574 e. The topological polar surface area (TPSA) is 15.3 Å². The second kappa shape index (κ2) is 6.06. The van der Waals surface area contributed by atoms with E-state index in [4.69, 9.17) is 6.42 Å². The molecule has 0 aromatic rings. The van der Waals surface area contributed by atoms with Crippen LogP contribution in [0.1, 0.15) is 34.1 Å². The average molecular weight is 196 g/mol. The molecule has 0 amide bonds. The second-order valence-electron chi connectivity index (χ2n) is 4.46. The Hall–Kier alpha value is -0.520. The molecule has 0 aliphatic rings. The third kappa shape index (κ3) is 4.13. The van der Waals surface area contributed by atoms with Gasteiger partial charge in [-0.3, -0.25) is 4.90 Å². The molecule has 0 rings (SSSR count). The molecule has 0 aromatic carbocycles. The molecule has 82 valence electrons. The Balaban J connectivity index is 3.99. The summed E-state index contributed by atoms with van der Waals surface area (Å²) in [6.07, 6.45) is 6.33. The highest BCUT2D eigenvalue weighted by Gasteiger charge is 2.24. The largest absolute Gasteiger partial charge is 0.305 e. The highest BCUT2D eigenvalue weighted by molar-refractivity contribution is 4.88. The molecule has 0 spiro atoms. The molecule has 1 atom stereocenters. The van der Waals surface area contributed by atoms with Crippen molar-refractivity contribution in [1.29, 1.82) is 0 Å². The van der Waals surface area contributed by atoms with E-state index in [1.54, 1.807) is 0 Å². The number of terminal acetylenes is 1. The van der Waals surface area contributed by atoms with Crippen LogP contribution in [0.4, 0.5) is 0 Å². The number of rotatable bonds is 6. The maximum Gasteiger partial charge on any atom is 0.0574 e. The summed E-state index contributed by atoms with van der Waals surface area (Å²) >= 11 is 0. The van der Waals surface area contributed by atoms with Crippen molar-refractivity contribution in [2.45, 2.75) is 45.7 Å². The van der Waals surface area contributed by atoms with E-state index >= 15 is 0 Å². The molecule has 1 N–H and O–H groups in total. The van der Waals surface area contributed by atoms with Crippen LogP contribution < -0.4 is 5.32 Å². The molecule has 0 aliphatic carbocycles. The van der Waals surface area contributed by atoms with Crippen molar-refractivity contribution in [3.05, 3.63) is 0 Å². The number of hydrogen-bond acceptors (Lipinski definition) is 2. The Morgan fingerprint density at radius 3 is 2.50 bits per heavy atom. The van der Waals surface area contributed by atoms with Gasteiger partial charge < -0.3 is 5.32 Å². The predicted molar refractivity (Wildman–Crippen MR) is 63.3 cm³/mol. The third-order valence-corrected chi connectivity index (χ3v) is 3.15. The van der Waals surface area contributed by atoms with Gasteiger partial charge in [-0.25, -0.2) is 0 Å². The molecule has 1 unspecified atom stereocenters. The fourth-order valence-electron chi connectivity index (χ4n) is 1.34. The quantitative estimate of drug-likeness (QED) is 0.514. The minimum Gasteiger partial charge on any atom is -0.305 e. The molecule has 0 fully saturated rings. The van der Waals surface area contributed by atoms with Crippen molar-refractivity contribution in [3.63, 3.8) is 0 Å². The Morgan fingerprint density at radius 1 is 1.50 bits per heavy atom. The van der Waals surface area contributed by atoms with Crippen molar-refractivity contribution in [2.24, 2.45) is 0 Å². The molecule has 0 aliphatic heterocycles. The lowest BCUT2D eigenvalue weighted by atomic mass is 9.98. The monoisotopic (exact) mass is 196 g/mol. The Kier molecular flexibility index (Phi) is 5.83. The molecule has 14 heavy (non-hydrogen) atoms. The maximum atomic E-state index is 5.18. The lowest BCUT2D eigenvalue weighted by molar-refractivity contribution is 0.106.